The SMILES string of the molecule is CC(C)(C)CC(=O)N1CCN(C(=O)COc2ccc(F)cc2)CC1. The average Bonchev–Trinajstić information content (AvgIpc) is 2.52. The fraction of sp³-hybridized carbons (Fsp3) is 0.556. The average molecular weight is 336 g/mol. The Kier molecular flexibility index (Phi) is 5.80. The highest BCUT2D eigenvalue weighted by atomic mass is 19.1. The van der Waals surface area contributed by atoms with E-state index in [0.717, 1.165) is 0 Å². The highest BCUT2D eigenvalue weighted by Crippen LogP contribution is 2.20. The molecule has 0 aliphatic carbocycles. The molecule has 6 heteroatoms. The minimum absolute atomic E-state index is 0.0347. The van der Waals surface area contributed by atoms with Crippen molar-refractivity contribution < 1.29 is 18.7 Å². The van der Waals surface area contributed by atoms with E-state index in [1.54, 1.807) is 4.90 Å². The molecule has 0 unspecified atom stereocenters. The van der Waals surface area contributed by atoms with Gasteiger partial charge in [-0.15, -0.1) is 0 Å². The molecule has 0 N–H and O–H groups in total. The predicted octanol–water partition coefficient (Wildman–Crippen LogP) is 2.31. The van der Waals surface area contributed by atoms with Gasteiger partial charge in [0.05, 0.1) is 0 Å². The monoisotopic (exact) mass is 336 g/mol. The number of amides is 2. The quantitative estimate of drug-likeness (QED) is 0.848. The molecule has 1 heterocycles. The molecule has 5 nitrogen and oxygen atoms in total. The fourth-order valence-electron chi connectivity index (χ4n) is 2.54. The summed E-state index contributed by atoms with van der Waals surface area (Å²) in [6.45, 7) is 8.17. The van der Waals surface area contributed by atoms with Gasteiger partial charge < -0.3 is 14.5 Å². The van der Waals surface area contributed by atoms with E-state index in [9.17, 15) is 14.0 Å². The van der Waals surface area contributed by atoms with Crippen LogP contribution in [-0.2, 0) is 9.59 Å². The zero-order valence-corrected chi connectivity index (χ0v) is 14.5. The summed E-state index contributed by atoms with van der Waals surface area (Å²) in [7, 11) is 0. The van der Waals surface area contributed by atoms with Crippen molar-refractivity contribution in [2.45, 2.75) is 27.2 Å². The van der Waals surface area contributed by atoms with Crippen molar-refractivity contribution in [3.8, 4) is 5.75 Å². The van der Waals surface area contributed by atoms with E-state index in [4.69, 9.17) is 4.74 Å². The summed E-state index contributed by atoms with van der Waals surface area (Å²) in [5, 5.41) is 0. The minimum Gasteiger partial charge on any atom is -0.484 e. The molecule has 0 aromatic heterocycles. The van der Waals surface area contributed by atoms with Gasteiger partial charge in [-0.1, -0.05) is 20.8 Å². The third-order valence-electron chi connectivity index (χ3n) is 3.84. The van der Waals surface area contributed by atoms with Crippen molar-refractivity contribution in [2.75, 3.05) is 32.8 Å². The first kappa shape index (κ1) is 18.2. The number of carbonyl (C=O) groups excluding carboxylic acids is 2. The van der Waals surface area contributed by atoms with Crippen LogP contribution in [0.3, 0.4) is 0 Å². The molecule has 1 saturated heterocycles. The number of rotatable bonds is 4. The third-order valence-corrected chi connectivity index (χ3v) is 3.84. The maximum Gasteiger partial charge on any atom is 0.260 e. The van der Waals surface area contributed by atoms with Crippen LogP contribution in [0.5, 0.6) is 5.75 Å². The summed E-state index contributed by atoms with van der Waals surface area (Å²) >= 11 is 0. The van der Waals surface area contributed by atoms with Gasteiger partial charge in [-0.25, -0.2) is 4.39 Å². The Morgan fingerprint density at radius 3 is 2.00 bits per heavy atom. The second-order valence-electron chi connectivity index (χ2n) is 7.24. The summed E-state index contributed by atoms with van der Waals surface area (Å²) in [6.07, 6.45) is 0.509. The van der Waals surface area contributed by atoms with E-state index in [0.29, 0.717) is 38.3 Å². The molecule has 132 valence electrons. The van der Waals surface area contributed by atoms with Crippen LogP contribution in [0.1, 0.15) is 27.2 Å². The summed E-state index contributed by atoms with van der Waals surface area (Å²) < 4.78 is 18.2. The fourth-order valence-corrected chi connectivity index (χ4v) is 2.54. The molecule has 1 aliphatic rings. The number of benzene rings is 1. The van der Waals surface area contributed by atoms with Crippen LogP contribution in [0.25, 0.3) is 0 Å². The zero-order chi connectivity index (χ0) is 17.7. The molecule has 24 heavy (non-hydrogen) atoms. The molecular weight excluding hydrogens is 311 g/mol. The number of piperazine rings is 1. The van der Waals surface area contributed by atoms with Crippen LogP contribution in [0.15, 0.2) is 24.3 Å². The number of hydrogen-bond donors (Lipinski definition) is 0. The van der Waals surface area contributed by atoms with Crippen molar-refractivity contribution in [1.29, 1.82) is 0 Å². The second kappa shape index (κ2) is 7.64. The van der Waals surface area contributed by atoms with Gasteiger partial charge in [-0.05, 0) is 29.7 Å². The second-order valence-corrected chi connectivity index (χ2v) is 7.24. The minimum atomic E-state index is -0.343. The number of carbonyl (C=O) groups is 2. The van der Waals surface area contributed by atoms with Crippen LogP contribution in [0, 0.1) is 11.2 Å². The van der Waals surface area contributed by atoms with Crippen molar-refractivity contribution in [1.82, 2.24) is 9.80 Å². The maximum absolute atomic E-state index is 12.8. The predicted molar refractivity (Wildman–Crippen MR) is 89.1 cm³/mol. The third kappa shape index (κ3) is 5.51. The van der Waals surface area contributed by atoms with E-state index in [-0.39, 0.29) is 29.7 Å². The Morgan fingerprint density at radius 2 is 1.50 bits per heavy atom. The molecule has 1 aromatic rings. The Balaban J connectivity index is 1.76. The van der Waals surface area contributed by atoms with Gasteiger partial charge in [0.15, 0.2) is 6.61 Å². The molecule has 2 rings (SSSR count). The molecule has 0 saturated carbocycles. The van der Waals surface area contributed by atoms with Gasteiger partial charge in [-0.3, -0.25) is 9.59 Å². The summed E-state index contributed by atoms with van der Waals surface area (Å²) in [5.41, 5.74) is -0.0347. The van der Waals surface area contributed by atoms with E-state index in [1.165, 1.54) is 24.3 Å². The molecule has 1 aromatic carbocycles. The van der Waals surface area contributed by atoms with Crippen LogP contribution < -0.4 is 4.74 Å². The number of hydrogen-bond acceptors (Lipinski definition) is 3. The molecular formula is C18H25FN2O3. The van der Waals surface area contributed by atoms with Gasteiger partial charge >= 0.3 is 0 Å². The number of ether oxygens (including phenoxy) is 1. The Hall–Kier alpha value is -2.11. The Bertz CT molecular complexity index is 573. The number of halogens is 1. The van der Waals surface area contributed by atoms with Gasteiger partial charge in [0.1, 0.15) is 11.6 Å². The van der Waals surface area contributed by atoms with Crippen LogP contribution in [-0.4, -0.2) is 54.4 Å². The standard InChI is InChI=1S/C18H25FN2O3/c1-18(2,3)12-16(22)20-8-10-21(11-9-20)17(23)13-24-15-6-4-14(19)5-7-15/h4-7H,8-13H2,1-3H3. The first-order chi connectivity index (χ1) is 11.2. The lowest BCUT2D eigenvalue weighted by Crippen LogP contribution is -2.52. The molecule has 1 fully saturated rings. The first-order valence-corrected chi connectivity index (χ1v) is 8.18. The van der Waals surface area contributed by atoms with Gasteiger partial charge in [0.2, 0.25) is 5.91 Å². The smallest absolute Gasteiger partial charge is 0.260 e. The summed E-state index contributed by atoms with van der Waals surface area (Å²) in [6, 6.07) is 5.57. The van der Waals surface area contributed by atoms with Crippen molar-refractivity contribution in [3.05, 3.63) is 30.1 Å². The molecule has 0 atom stereocenters. The molecule has 0 spiro atoms. The normalized spacial score (nSPS) is 15.3. The lowest BCUT2D eigenvalue weighted by molar-refractivity contribution is -0.141. The summed E-state index contributed by atoms with van der Waals surface area (Å²) in [5.74, 6) is 0.132. The molecule has 2 amide bonds. The molecule has 0 radical (unpaired) electrons. The Labute approximate surface area is 142 Å². The van der Waals surface area contributed by atoms with Crippen LogP contribution in [0.4, 0.5) is 4.39 Å². The highest BCUT2D eigenvalue weighted by Gasteiger charge is 2.26. The first-order valence-electron chi connectivity index (χ1n) is 8.18. The van der Waals surface area contributed by atoms with Crippen molar-refractivity contribution in [2.24, 2.45) is 5.41 Å². The highest BCUT2D eigenvalue weighted by molar-refractivity contribution is 5.79. The van der Waals surface area contributed by atoms with Gasteiger partial charge in [0, 0.05) is 32.6 Å². The summed E-state index contributed by atoms with van der Waals surface area (Å²) in [4.78, 5) is 27.9. The lowest BCUT2D eigenvalue weighted by atomic mass is 9.91. The van der Waals surface area contributed by atoms with E-state index in [2.05, 4.69) is 0 Å². The van der Waals surface area contributed by atoms with E-state index in [1.807, 2.05) is 25.7 Å². The van der Waals surface area contributed by atoms with Gasteiger partial charge in [0.25, 0.3) is 5.91 Å². The van der Waals surface area contributed by atoms with E-state index >= 15 is 0 Å². The topological polar surface area (TPSA) is 49.9 Å². The van der Waals surface area contributed by atoms with E-state index < -0.39 is 0 Å². The van der Waals surface area contributed by atoms with Crippen LogP contribution >= 0.6 is 0 Å². The Morgan fingerprint density at radius 1 is 1.00 bits per heavy atom. The largest absolute Gasteiger partial charge is 0.484 e. The van der Waals surface area contributed by atoms with Crippen molar-refractivity contribution in [3.63, 3.8) is 0 Å². The molecule has 0 bridgehead atoms. The number of nitrogens with zero attached hydrogens (tertiary/aromatic N) is 2. The van der Waals surface area contributed by atoms with Crippen LogP contribution in [0.2, 0.25) is 0 Å². The zero-order valence-electron chi connectivity index (χ0n) is 14.5. The molecule has 1 aliphatic heterocycles. The lowest BCUT2D eigenvalue weighted by Gasteiger charge is -2.36. The van der Waals surface area contributed by atoms with Gasteiger partial charge in [-0.2, -0.15) is 0 Å². The maximum atomic E-state index is 12.8. The van der Waals surface area contributed by atoms with Crippen molar-refractivity contribution >= 4 is 11.8 Å².